The van der Waals surface area contributed by atoms with Gasteiger partial charge in [0.1, 0.15) is 11.4 Å². The van der Waals surface area contributed by atoms with Crippen molar-refractivity contribution >= 4 is 22.7 Å². The van der Waals surface area contributed by atoms with Crippen LogP contribution >= 0.6 is 0 Å². The zero-order valence-electron chi connectivity index (χ0n) is 13.9. The molecule has 2 amide bonds. The Balaban J connectivity index is 1.73. The fraction of sp³-hybridized carbons (Fsp3) is 0.444. The number of amides is 2. The monoisotopic (exact) mass is 329 g/mol. The van der Waals surface area contributed by atoms with Crippen molar-refractivity contribution in [1.29, 1.82) is 0 Å². The van der Waals surface area contributed by atoms with Crippen LogP contribution in [0.4, 0.5) is 0 Å². The van der Waals surface area contributed by atoms with Crippen LogP contribution in [0.3, 0.4) is 0 Å². The Morgan fingerprint density at radius 3 is 2.92 bits per heavy atom. The molecular weight excluding hydrogens is 306 g/mol. The highest BCUT2D eigenvalue weighted by molar-refractivity contribution is 5.98. The predicted molar refractivity (Wildman–Crippen MR) is 91.9 cm³/mol. The summed E-state index contributed by atoms with van der Waals surface area (Å²) in [5.41, 5.74) is 6.73. The maximum absolute atomic E-state index is 12.6. The Morgan fingerprint density at radius 2 is 2.21 bits per heavy atom. The van der Waals surface area contributed by atoms with Crippen LogP contribution in [0.1, 0.15) is 36.7 Å². The Labute approximate surface area is 141 Å². The number of nitrogens with zero attached hydrogens (tertiary/aromatic N) is 1. The van der Waals surface area contributed by atoms with Gasteiger partial charge in [0.05, 0.1) is 12.5 Å². The van der Waals surface area contributed by atoms with E-state index in [-0.39, 0.29) is 17.7 Å². The van der Waals surface area contributed by atoms with E-state index in [1.807, 2.05) is 24.3 Å². The molecule has 3 N–H and O–H groups in total. The first-order chi connectivity index (χ1) is 11.6. The van der Waals surface area contributed by atoms with E-state index in [4.69, 9.17) is 10.5 Å². The number of carbonyl (C=O) groups excluding carboxylic acids is 2. The molecule has 0 saturated carbocycles. The highest BCUT2D eigenvalue weighted by atomic mass is 16.5. The normalized spacial score (nSPS) is 17.4. The van der Waals surface area contributed by atoms with Gasteiger partial charge >= 0.3 is 0 Å². The number of aromatic amines is 1. The van der Waals surface area contributed by atoms with E-state index in [9.17, 15) is 9.59 Å². The standard InChI is InChI=1S/C18H23N3O3/c1-2-3-8-24-14-5-4-12-9-16(20-15(12)10-14)18(23)21-7-6-13(11-21)17(19)22/h4-5,9-10,13,20H,2-3,6-8,11H2,1H3,(H2,19,22)/t13-/m1/s1. The zero-order valence-corrected chi connectivity index (χ0v) is 13.9. The van der Waals surface area contributed by atoms with Gasteiger partial charge in [0.2, 0.25) is 5.91 Å². The maximum Gasteiger partial charge on any atom is 0.270 e. The summed E-state index contributed by atoms with van der Waals surface area (Å²) >= 11 is 0. The van der Waals surface area contributed by atoms with Crippen molar-refractivity contribution in [2.45, 2.75) is 26.2 Å². The second kappa shape index (κ2) is 6.95. The summed E-state index contributed by atoms with van der Waals surface area (Å²) in [5, 5.41) is 0.965. The van der Waals surface area contributed by atoms with Crippen LogP contribution in [0.25, 0.3) is 10.9 Å². The molecule has 1 aliphatic rings. The third-order valence-corrected chi connectivity index (χ3v) is 4.47. The number of benzene rings is 1. The number of nitrogens with one attached hydrogen (secondary N) is 1. The van der Waals surface area contributed by atoms with E-state index in [0.717, 1.165) is 29.5 Å². The minimum Gasteiger partial charge on any atom is -0.494 e. The van der Waals surface area contributed by atoms with Crippen molar-refractivity contribution in [2.24, 2.45) is 11.7 Å². The van der Waals surface area contributed by atoms with Crippen LogP contribution in [-0.2, 0) is 4.79 Å². The van der Waals surface area contributed by atoms with Crippen LogP contribution in [0.15, 0.2) is 24.3 Å². The van der Waals surface area contributed by atoms with Crippen molar-refractivity contribution < 1.29 is 14.3 Å². The molecule has 1 fully saturated rings. The average molecular weight is 329 g/mol. The van der Waals surface area contributed by atoms with Crippen molar-refractivity contribution in [3.8, 4) is 5.75 Å². The maximum atomic E-state index is 12.6. The molecule has 24 heavy (non-hydrogen) atoms. The molecule has 6 nitrogen and oxygen atoms in total. The molecule has 1 aliphatic heterocycles. The molecular formula is C18H23N3O3. The van der Waals surface area contributed by atoms with E-state index >= 15 is 0 Å². The first-order valence-corrected chi connectivity index (χ1v) is 8.42. The highest BCUT2D eigenvalue weighted by Gasteiger charge is 2.30. The van der Waals surface area contributed by atoms with Crippen LogP contribution in [0, 0.1) is 5.92 Å². The molecule has 1 aromatic carbocycles. The van der Waals surface area contributed by atoms with Gasteiger partial charge in [-0.15, -0.1) is 0 Å². The van der Waals surface area contributed by atoms with Crippen LogP contribution < -0.4 is 10.5 Å². The summed E-state index contributed by atoms with van der Waals surface area (Å²) < 4.78 is 5.70. The number of unbranched alkanes of at least 4 members (excludes halogenated alkanes) is 1. The highest BCUT2D eigenvalue weighted by Crippen LogP contribution is 2.24. The predicted octanol–water partition coefficient (Wildman–Crippen LogP) is 2.29. The summed E-state index contributed by atoms with van der Waals surface area (Å²) in [4.78, 5) is 28.7. The summed E-state index contributed by atoms with van der Waals surface area (Å²) in [6, 6.07) is 7.61. The van der Waals surface area contributed by atoms with Crippen molar-refractivity contribution in [3.63, 3.8) is 0 Å². The lowest BCUT2D eigenvalue weighted by Gasteiger charge is -2.14. The number of likely N-dealkylation sites (tertiary alicyclic amines) is 1. The van der Waals surface area contributed by atoms with Gasteiger partial charge in [0.25, 0.3) is 5.91 Å². The molecule has 3 rings (SSSR count). The summed E-state index contributed by atoms with van der Waals surface area (Å²) in [7, 11) is 0. The fourth-order valence-electron chi connectivity index (χ4n) is 2.99. The van der Waals surface area contributed by atoms with Gasteiger partial charge in [0.15, 0.2) is 0 Å². The molecule has 6 heteroatoms. The summed E-state index contributed by atoms with van der Waals surface area (Å²) in [5.74, 6) is 0.128. The van der Waals surface area contributed by atoms with E-state index in [1.165, 1.54) is 0 Å². The van der Waals surface area contributed by atoms with Crippen molar-refractivity contribution in [1.82, 2.24) is 9.88 Å². The molecule has 2 heterocycles. The number of hydrogen-bond acceptors (Lipinski definition) is 3. The topological polar surface area (TPSA) is 88.4 Å². The molecule has 1 aromatic heterocycles. The average Bonchev–Trinajstić information content (AvgIpc) is 3.21. The third kappa shape index (κ3) is 3.37. The van der Waals surface area contributed by atoms with Crippen LogP contribution in [0.2, 0.25) is 0 Å². The molecule has 1 saturated heterocycles. The second-order valence-electron chi connectivity index (χ2n) is 6.27. The summed E-state index contributed by atoms with van der Waals surface area (Å²) in [6.07, 6.45) is 2.74. The van der Waals surface area contributed by atoms with Gasteiger partial charge in [-0.2, -0.15) is 0 Å². The van der Waals surface area contributed by atoms with Gasteiger partial charge in [-0.05, 0) is 31.0 Å². The van der Waals surface area contributed by atoms with Crippen LogP contribution in [0.5, 0.6) is 5.75 Å². The van der Waals surface area contributed by atoms with E-state index in [1.54, 1.807) is 4.90 Å². The number of primary amides is 1. The van der Waals surface area contributed by atoms with Crippen molar-refractivity contribution in [2.75, 3.05) is 19.7 Å². The van der Waals surface area contributed by atoms with Gasteiger partial charge in [-0.3, -0.25) is 9.59 Å². The van der Waals surface area contributed by atoms with Gasteiger partial charge in [-0.1, -0.05) is 13.3 Å². The van der Waals surface area contributed by atoms with Crippen LogP contribution in [-0.4, -0.2) is 41.4 Å². The molecule has 0 unspecified atom stereocenters. The number of ether oxygens (including phenoxy) is 1. The smallest absolute Gasteiger partial charge is 0.270 e. The summed E-state index contributed by atoms with van der Waals surface area (Å²) in [6.45, 7) is 3.77. The Bertz CT molecular complexity index is 753. The van der Waals surface area contributed by atoms with E-state index < -0.39 is 0 Å². The van der Waals surface area contributed by atoms with Gasteiger partial charge in [-0.25, -0.2) is 0 Å². The van der Waals surface area contributed by atoms with Gasteiger partial charge in [0, 0.05) is 30.1 Å². The molecule has 0 spiro atoms. The minimum absolute atomic E-state index is 0.0941. The number of fused-ring (bicyclic) bond motifs is 1. The third-order valence-electron chi connectivity index (χ3n) is 4.47. The number of hydrogen-bond donors (Lipinski definition) is 2. The first kappa shape index (κ1) is 16.4. The lowest BCUT2D eigenvalue weighted by Crippen LogP contribution is -2.31. The number of nitrogens with two attached hydrogens (primary N) is 1. The Morgan fingerprint density at radius 1 is 1.38 bits per heavy atom. The minimum atomic E-state index is -0.337. The van der Waals surface area contributed by atoms with Gasteiger partial charge < -0.3 is 20.4 Å². The van der Waals surface area contributed by atoms with Crippen molar-refractivity contribution in [3.05, 3.63) is 30.0 Å². The largest absolute Gasteiger partial charge is 0.494 e. The molecule has 0 aliphatic carbocycles. The fourth-order valence-corrected chi connectivity index (χ4v) is 2.99. The molecule has 1 atom stereocenters. The SMILES string of the molecule is CCCCOc1ccc2cc(C(=O)N3CC[C@@H](C(N)=O)C3)[nH]c2c1. The van der Waals surface area contributed by atoms with E-state index in [2.05, 4.69) is 11.9 Å². The van der Waals surface area contributed by atoms with E-state index in [0.29, 0.717) is 31.8 Å². The zero-order chi connectivity index (χ0) is 17.1. The quantitative estimate of drug-likeness (QED) is 0.797. The molecule has 0 bridgehead atoms. The second-order valence-corrected chi connectivity index (χ2v) is 6.27. The molecule has 2 aromatic rings. The lowest BCUT2D eigenvalue weighted by atomic mass is 10.1. The Hall–Kier alpha value is -2.50. The number of rotatable bonds is 6. The number of aromatic nitrogens is 1. The Kier molecular flexibility index (Phi) is 4.74. The molecule has 0 radical (unpaired) electrons. The lowest BCUT2D eigenvalue weighted by molar-refractivity contribution is -0.121. The first-order valence-electron chi connectivity index (χ1n) is 8.42. The molecule has 128 valence electrons. The number of H-pyrrole nitrogens is 1. The number of carbonyl (C=O) groups is 2.